The van der Waals surface area contributed by atoms with E-state index in [2.05, 4.69) is 10.1 Å². The predicted octanol–water partition coefficient (Wildman–Crippen LogP) is 2.37. The molecule has 2 saturated heterocycles. The van der Waals surface area contributed by atoms with Gasteiger partial charge in [-0.2, -0.15) is 5.10 Å². The summed E-state index contributed by atoms with van der Waals surface area (Å²) in [6.45, 7) is 2.97. The maximum absolute atomic E-state index is 5.91. The Hall–Kier alpha value is -1.43. The van der Waals surface area contributed by atoms with Crippen molar-refractivity contribution < 1.29 is 14.2 Å². The average Bonchev–Trinajstić information content (AvgIpc) is 3.20. The fourth-order valence-electron chi connectivity index (χ4n) is 3.15. The topological polar surface area (TPSA) is 43.3 Å². The third-order valence-electron chi connectivity index (χ3n) is 4.26. The van der Waals surface area contributed by atoms with Crippen LogP contribution in [0.1, 0.15) is 24.8 Å². The number of methoxy groups -OCH3 is 1. The lowest BCUT2D eigenvalue weighted by Crippen LogP contribution is -2.30. The van der Waals surface area contributed by atoms with Gasteiger partial charge in [-0.25, -0.2) is 0 Å². The zero-order valence-corrected chi connectivity index (χ0v) is 13.1. The van der Waals surface area contributed by atoms with Crippen molar-refractivity contribution in [3.8, 4) is 0 Å². The van der Waals surface area contributed by atoms with Gasteiger partial charge in [-0.15, -0.1) is 0 Å². The van der Waals surface area contributed by atoms with Crippen LogP contribution in [-0.2, 0) is 20.0 Å². The Morgan fingerprint density at radius 3 is 2.82 bits per heavy atom. The highest BCUT2D eigenvalue weighted by Gasteiger charge is 2.37. The van der Waals surface area contributed by atoms with Crippen molar-refractivity contribution in [1.82, 2.24) is 5.01 Å². The first kappa shape index (κ1) is 15.5. The SMILES string of the molecule is COC[C@@H]1CCCN1/N=C/CC1(c2ccccc2)OCCO1. The summed E-state index contributed by atoms with van der Waals surface area (Å²) in [5.74, 6) is -0.679. The smallest absolute Gasteiger partial charge is 0.200 e. The molecule has 3 rings (SSSR count). The van der Waals surface area contributed by atoms with Crippen molar-refractivity contribution in [2.24, 2.45) is 5.10 Å². The summed E-state index contributed by atoms with van der Waals surface area (Å²) in [6, 6.07) is 10.5. The molecule has 2 fully saturated rings. The minimum absolute atomic E-state index is 0.388. The highest BCUT2D eigenvalue weighted by atomic mass is 16.7. The molecular weight excluding hydrogens is 280 g/mol. The number of hydrogen-bond donors (Lipinski definition) is 0. The summed E-state index contributed by atoms with van der Waals surface area (Å²) in [5.41, 5.74) is 1.05. The second-order valence-electron chi connectivity index (χ2n) is 5.73. The van der Waals surface area contributed by atoms with E-state index in [1.807, 2.05) is 36.5 Å². The number of hydrogen-bond acceptors (Lipinski definition) is 5. The fourth-order valence-corrected chi connectivity index (χ4v) is 3.15. The molecule has 1 aromatic rings. The van der Waals surface area contributed by atoms with E-state index in [1.54, 1.807) is 7.11 Å². The second-order valence-corrected chi connectivity index (χ2v) is 5.73. The monoisotopic (exact) mass is 304 g/mol. The van der Waals surface area contributed by atoms with Gasteiger partial charge in [-0.3, -0.25) is 5.01 Å². The molecule has 1 aromatic carbocycles. The molecule has 2 heterocycles. The molecule has 0 bridgehead atoms. The quantitative estimate of drug-likeness (QED) is 0.757. The summed E-state index contributed by atoms with van der Waals surface area (Å²) in [7, 11) is 1.74. The van der Waals surface area contributed by atoms with Crippen LogP contribution >= 0.6 is 0 Å². The zero-order chi connectivity index (χ0) is 15.3. The summed E-state index contributed by atoms with van der Waals surface area (Å²) < 4.78 is 17.1. The molecule has 5 heteroatoms. The van der Waals surface area contributed by atoms with Crippen molar-refractivity contribution in [3.63, 3.8) is 0 Å². The summed E-state index contributed by atoms with van der Waals surface area (Å²) in [4.78, 5) is 0. The molecule has 22 heavy (non-hydrogen) atoms. The molecule has 0 saturated carbocycles. The van der Waals surface area contributed by atoms with E-state index in [-0.39, 0.29) is 0 Å². The van der Waals surface area contributed by atoms with Crippen LogP contribution in [0.2, 0.25) is 0 Å². The second kappa shape index (κ2) is 7.22. The molecule has 0 N–H and O–H groups in total. The van der Waals surface area contributed by atoms with Crippen molar-refractivity contribution >= 4 is 6.21 Å². The van der Waals surface area contributed by atoms with E-state index in [1.165, 1.54) is 6.42 Å². The average molecular weight is 304 g/mol. The van der Waals surface area contributed by atoms with Crippen LogP contribution in [0.3, 0.4) is 0 Å². The Balaban J connectivity index is 1.66. The summed E-state index contributed by atoms with van der Waals surface area (Å²) >= 11 is 0. The maximum Gasteiger partial charge on any atom is 0.200 e. The van der Waals surface area contributed by atoms with Crippen molar-refractivity contribution in [2.45, 2.75) is 31.1 Å². The van der Waals surface area contributed by atoms with Crippen LogP contribution in [0.25, 0.3) is 0 Å². The van der Waals surface area contributed by atoms with Gasteiger partial charge in [-0.1, -0.05) is 30.3 Å². The maximum atomic E-state index is 5.91. The first-order chi connectivity index (χ1) is 10.8. The van der Waals surface area contributed by atoms with Gasteiger partial charge >= 0.3 is 0 Å². The Morgan fingerprint density at radius 2 is 2.09 bits per heavy atom. The normalized spacial score (nSPS) is 24.4. The van der Waals surface area contributed by atoms with Crippen LogP contribution in [0.15, 0.2) is 35.4 Å². The minimum atomic E-state index is -0.679. The lowest BCUT2D eigenvalue weighted by molar-refractivity contribution is -0.158. The molecule has 120 valence electrons. The van der Waals surface area contributed by atoms with Gasteiger partial charge in [0.05, 0.1) is 25.9 Å². The van der Waals surface area contributed by atoms with Gasteiger partial charge in [0.2, 0.25) is 0 Å². The molecular formula is C17H24N2O3. The van der Waals surface area contributed by atoms with Crippen LogP contribution < -0.4 is 0 Å². The van der Waals surface area contributed by atoms with Crippen molar-refractivity contribution in [1.29, 1.82) is 0 Å². The standard InChI is InChI=1S/C17H24N2O3/c1-20-14-16-8-5-11-19(16)18-10-9-17(21-12-13-22-17)15-6-3-2-4-7-15/h2-4,6-7,10,16H,5,8-9,11-14H2,1H3/b18-10+/t16-/m0/s1. The van der Waals surface area contributed by atoms with Crippen LogP contribution in [0.5, 0.6) is 0 Å². The van der Waals surface area contributed by atoms with E-state index in [4.69, 9.17) is 14.2 Å². The third-order valence-corrected chi connectivity index (χ3v) is 4.26. The first-order valence-corrected chi connectivity index (χ1v) is 7.95. The Kier molecular flexibility index (Phi) is 5.08. The van der Waals surface area contributed by atoms with Gasteiger partial charge < -0.3 is 14.2 Å². The van der Waals surface area contributed by atoms with Gasteiger partial charge in [0.25, 0.3) is 0 Å². The van der Waals surface area contributed by atoms with E-state index in [9.17, 15) is 0 Å². The van der Waals surface area contributed by atoms with E-state index in [0.29, 0.717) is 25.7 Å². The van der Waals surface area contributed by atoms with Crippen molar-refractivity contribution in [2.75, 3.05) is 33.5 Å². The zero-order valence-electron chi connectivity index (χ0n) is 13.1. The molecule has 2 aliphatic rings. The van der Waals surface area contributed by atoms with E-state index >= 15 is 0 Å². The first-order valence-electron chi connectivity index (χ1n) is 7.95. The van der Waals surface area contributed by atoms with Gasteiger partial charge in [0, 0.05) is 31.9 Å². The Bertz CT molecular complexity index is 486. The number of rotatable bonds is 6. The molecule has 0 unspecified atom stereocenters. The van der Waals surface area contributed by atoms with E-state index < -0.39 is 5.79 Å². The molecule has 0 aromatic heterocycles. The fraction of sp³-hybridized carbons (Fsp3) is 0.588. The summed E-state index contributed by atoms with van der Waals surface area (Å²) in [6.07, 6.45) is 4.85. The molecule has 5 nitrogen and oxygen atoms in total. The lowest BCUT2D eigenvalue weighted by atomic mass is 10.0. The van der Waals surface area contributed by atoms with Gasteiger partial charge in [0.1, 0.15) is 0 Å². The minimum Gasteiger partial charge on any atom is -0.382 e. The number of benzene rings is 1. The number of hydrazone groups is 1. The predicted molar refractivity (Wildman–Crippen MR) is 84.7 cm³/mol. The van der Waals surface area contributed by atoms with Crippen LogP contribution in [0.4, 0.5) is 0 Å². The molecule has 1 atom stereocenters. The van der Waals surface area contributed by atoms with E-state index in [0.717, 1.165) is 25.1 Å². The largest absolute Gasteiger partial charge is 0.382 e. The Labute approximate surface area is 131 Å². The highest BCUT2D eigenvalue weighted by Crippen LogP contribution is 2.34. The van der Waals surface area contributed by atoms with Crippen molar-refractivity contribution in [3.05, 3.63) is 35.9 Å². The number of ether oxygens (including phenoxy) is 3. The Morgan fingerprint density at radius 1 is 1.32 bits per heavy atom. The highest BCUT2D eigenvalue weighted by molar-refractivity contribution is 5.59. The molecule has 0 aliphatic carbocycles. The van der Waals surface area contributed by atoms with Crippen LogP contribution in [-0.4, -0.2) is 50.7 Å². The van der Waals surface area contributed by atoms with Crippen LogP contribution in [0, 0.1) is 0 Å². The van der Waals surface area contributed by atoms with Gasteiger partial charge in [0.15, 0.2) is 5.79 Å². The lowest BCUT2D eigenvalue weighted by Gasteiger charge is -2.27. The molecule has 2 aliphatic heterocycles. The molecule has 0 radical (unpaired) electrons. The molecule has 0 amide bonds. The van der Waals surface area contributed by atoms with Gasteiger partial charge in [-0.05, 0) is 12.8 Å². The molecule has 0 spiro atoms. The summed E-state index contributed by atoms with van der Waals surface area (Å²) in [5, 5.41) is 6.75. The third kappa shape index (κ3) is 3.32. The number of nitrogens with zero attached hydrogens (tertiary/aromatic N) is 2.